The Balaban J connectivity index is 1.72. The smallest absolute Gasteiger partial charge is 0.272 e. The minimum absolute atomic E-state index is 0.0395. The van der Waals surface area contributed by atoms with E-state index < -0.39 is 0 Å². The van der Waals surface area contributed by atoms with Crippen molar-refractivity contribution in [2.75, 3.05) is 32.8 Å². The summed E-state index contributed by atoms with van der Waals surface area (Å²) in [5.74, 6) is 0.0624. The molecule has 132 valence electrons. The Hall–Kier alpha value is -1.89. The highest BCUT2D eigenvalue weighted by atomic mass is 16.5. The third-order valence-corrected chi connectivity index (χ3v) is 5.01. The number of piperidine rings is 1. The van der Waals surface area contributed by atoms with Gasteiger partial charge >= 0.3 is 0 Å². The first kappa shape index (κ1) is 17.0. The zero-order valence-electron chi connectivity index (χ0n) is 14.5. The normalized spacial score (nSPS) is 23.8. The molecule has 1 atom stereocenters. The fourth-order valence-corrected chi connectivity index (χ4v) is 3.71. The highest BCUT2D eigenvalue weighted by Crippen LogP contribution is 2.37. The summed E-state index contributed by atoms with van der Waals surface area (Å²) in [5.41, 5.74) is 1.01. The van der Waals surface area contributed by atoms with Crippen LogP contribution in [0.5, 0.6) is 0 Å². The molecule has 0 saturated carbocycles. The van der Waals surface area contributed by atoms with Crippen LogP contribution >= 0.6 is 0 Å². The molecule has 2 saturated heterocycles. The molecule has 7 nitrogen and oxygen atoms in total. The van der Waals surface area contributed by atoms with Crippen molar-refractivity contribution >= 4 is 11.8 Å². The number of carbonyl (C=O) groups excluding carboxylic acids is 2. The third kappa shape index (κ3) is 3.17. The lowest BCUT2D eigenvalue weighted by molar-refractivity contribution is -0.132. The summed E-state index contributed by atoms with van der Waals surface area (Å²) in [7, 11) is 0. The van der Waals surface area contributed by atoms with Crippen molar-refractivity contribution < 1.29 is 14.3 Å². The van der Waals surface area contributed by atoms with Crippen molar-refractivity contribution in [3.8, 4) is 0 Å². The van der Waals surface area contributed by atoms with Gasteiger partial charge in [-0.15, -0.1) is 0 Å². The molecule has 1 aromatic heterocycles. The average Bonchev–Trinajstić information content (AvgIpc) is 3.15. The number of aryl methyl sites for hydroxylation is 1. The van der Waals surface area contributed by atoms with Crippen molar-refractivity contribution in [3.05, 3.63) is 17.5 Å². The van der Waals surface area contributed by atoms with E-state index in [1.165, 1.54) is 0 Å². The lowest BCUT2D eigenvalue weighted by Crippen LogP contribution is -2.48. The molecule has 7 heteroatoms. The van der Waals surface area contributed by atoms with Gasteiger partial charge in [0.1, 0.15) is 5.69 Å². The maximum atomic E-state index is 12.9. The Bertz CT molecular complexity index is 627. The van der Waals surface area contributed by atoms with Crippen LogP contribution in [-0.2, 0) is 16.1 Å². The lowest BCUT2D eigenvalue weighted by atomic mass is 9.79. The van der Waals surface area contributed by atoms with Gasteiger partial charge in [0, 0.05) is 26.2 Å². The average molecular weight is 334 g/mol. The molecule has 0 bridgehead atoms. The molecular formula is C17H26N4O3. The maximum Gasteiger partial charge on any atom is 0.272 e. The second-order valence-electron chi connectivity index (χ2n) is 6.71. The number of hydrogen-bond donors (Lipinski definition) is 1. The molecule has 1 unspecified atom stereocenters. The molecule has 3 heterocycles. The van der Waals surface area contributed by atoms with Gasteiger partial charge in [0.2, 0.25) is 5.91 Å². The molecule has 2 aliphatic heterocycles. The van der Waals surface area contributed by atoms with Gasteiger partial charge in [0.15, 0.2) is 0 Å². The molecule has 2 aliphatic rings. The Morgan fingerprint density at radius 1 is 1.46 bits per heavy atom. The van der Waals surface area contributed by atoms with Gasteiger partial charge in [-0.05, 0) is 39.2 Å². The number of likely N-dealkylation sites (tertiary alicyclic amines) is 1. The summed E-state index contributed by atoms with van der Waals surface area (Å²) in [6.07, 6.45) is 2.60. The number of aromatic nitrogens is 2. The van der Waals surface area contributed by atoms with Gasteiger partial charge in [-0.2, -0.15) is 5.10 Å². The number of rotatable bonds is 5. The molecule has 2 amide bonds. The van der Waals surface area contributed by atoms with E-state index in [9.17, 15) is 9.59 Å². The summed E-state index contributed by atoms with van der Waals surface area (Å²) < 4.78 is 7.09. The SMILES string of the molecule is CCOCCn1nc(C)cc1C(=O)N1CCC2(CCCNC2=O)C1. The maximum absolute atomic E-state index is 12.9. The third-order valence-electron chi connectivity index (χ3n) is 5.01. The first-order valence-corrected chi connectivity index (χ1v) is 8.75. The first-order chi connectivity index (χ1) is 11.6. The number of nitrogens with one attached hydrogen (secondary N) is 1. The monoisotopic (exact) mass is 334 g/mol. The topological polar surface area (TPSA) is 76.5 Å². The van der Waals surface area contributed by atoms with Crippen LogP contribution in [0.4, 0.5) is 0 Å². The van der Waals surface area contributed by atoms with Crippen LogP contribution in [0, 0.1) is 12.3 Å². The Morgan fingerprint density at radius 3 is 3.04 bits per heavy atom. The van der Waals surface area contributed by atoms with E-state index in [1.54, 1.807) is 9.58 Å². The Kier molecular flexibility index (Phi) is 4.89. The van der Waals surface area contributed by atoms with Crippen molar-refractivity contribution in [1.82, 2.24) is 20.0 Å². The van der Waals surface area contributed by atoms with Crippen LogP contribution in [0.1, 0.15) is 42.4 Å². The van der Waals surface area contributed by atoms with Crippen molar-refractivity contribution in [2.45, 2.75) is 39.7 Å². The molecule has 3 rings (SSSR count). The second-order valence-corrected chi connectivity index (χ2v) is 6.71. The van der Waals surface area contributed by atoms with E-state index in [0.717, 1.165) is 31.5 Å². The van der Waals surface area contributed by atoms with Gasteiger partial charge in [0.25, 0.3) is 5.91 Å². The molecule has 1 N–H and O–H groups in total. The second kappa shape index (κ2) is 6.93. The summed E-state index contributed by atoms with van der Waals surface area (Å²) in [5, 5.41) is 7.36. The molecule has 0 aliphatic carbocycles. The lowest BCUT2D eigenvalue weighted by Gasteiger charge is -2.32. The highest BCUT2D eigenvalue weighted by Gasteiger charge is 2.47. The number of nitrogens with zero attached hydrogens (tertiary/aromatic N) is 3. The summed E-state index contributed by atoms with van der Waals surface area (Å²) >= 11 is 0. The molecule has 24 heavy (non-hydrogen) atoms. The van der Waals surface area contributed by atoms with E-state index >= 15 is 0 Å². The van der Waals surface area contributed by atoms with Gasteiger partial charge in [0.05, 0.1) is 24.3 Å². The minimum Gasteiger partial charge on any atom is -0.380 e. The first-order valence-electron chi connectivity index (χ1n) is 8.75. The standard InChI is InChI=1S/C17H26N4O3/c1-3-24-10-9-21-14(11-13(2)19-21)15(22)20-8-6-17(12-20)5-4-7-18-16(17)23/h11H,3-10,12H2,1-2H3,(H,18,23). The molecule has 2 fully saturated rings. The van der Waals surface area contributed by atoms with Gasteiger partial charge in [-0.25, -0.2) is 0 Å². The fraction of sp³-hybridized carbons (Fsp3) is 0.706. The van der Waals surface area contributed by atoms with E-state index in [2.05, 4.69) is 10.4 Å². The van der Waals surface area contributed by atoms with E-state index in [-0.39, 0.29) is 17.2 Å². The van der Waals surface area contributed by atoms with Crippen molar-refractivity contribution in [1.29, 1.82) is 0 Å². The predicted molar refractivity (Wildman–Crippen MR) is 88.7 cm³/mol. The molecule has 1 spiro atoms. The largest absolute Gasteiger partial charge is 0.380 e. The summed E-state index contributed by atoms with van der Waals surface area (Å²) in [4.78, 5) is 27.0. The van der Waals surface area contributed by atoms with Crippen LogP contribution in [-0.4, -0.2) is 59.3 Å². The molecular weight excluding hydrogens is 308 g/mol. The summed E-state index contributed by atoms with van der Waals surface area (Å²) in [6, 6.07) is 1.82. The number of carbonyl (C=O) groups is 2. The Labute approximate surface area is 142 Å². The molecule has 1 aromatic rings. The van der Waals surface area contributed by atoms with Crippen LogP contribution in [0.25, 0.3) is 0 Å². The Morgan fingerprint density at radius 2 is 2.29 bits per heavy atom. The fourth-order valence-electron chi connectivity index (χ4n) is 3.71. The highest BCUT2D eigenvalue weighted by molar-refractivity contribution is 5.94. The predicted octanol–water partition coefficient (Wildman–Crippen LogP) is 0.970. The minimum atomic E-state index is -0.390. The van der Waals surface area contributed by atoms with E-state index in [0.29, 0.717) is 38.5 Å². The number of amides is 2. The van der Waals surface area contributed by atoms with E-state index in [4.69, 9.17) is 4.74 Å². The van der Waals surface area contributed by atoms with Gasteiger partial charge in [-0.3, -0.25) is 14.3 Å². The van der Waals surface area contributed by atoms with Crippen LogP contribution in [0.2, 0.25) is 0 Å². The number of hydrogen-bond acceptors (Lipinski definition) is 4. The molecule has 0 radical (unpaired) electrons. The van der Waals surface area contributed by atoms with Crippen LogP contribution < -0.4 is 5.32 Å². The number of ether oxygens (including phenoxy) is 1. The van der Waals surface area contributed by atoms with Gasteiger partial charge < -0.3 is 15.0 Å². The van der Waals surface area contributed by atoms with E-state index in [1.807, 2.05) is 19.9 Å². The van der Waals surface area contributed by atoms with Crippen molar-refractivity contribution in [2.24, 2.45) is 5.41 Å². The van der Waals surface area contributed by atoms with Gasteiger partial charge in [-0.1, -0.05) is 0 Å². The molecule has 0 aromatic carbocycles. The zero-order chi connectivity index (χ0) is 17.2. The van der Waals surface area contributed by atoms with Crippen LogP contribution in [0.3, 0.4) is 0 Å². The van der Waals surface area contributed by atoms with Crippen LogP contribution in [0.15, 0.2) is 6.07 Å². The quantitative estimate of drug-likeness (QED) is 0.814. The van der Waals surface area contributed by atoms with Crippen molar-refractivity contribution in [3.63, 3.8) is 0 Å². The zero-order valence-corrected chi connectivity index (χ0v) is 14.5. The summed E-state index contributed by atoms with van der Waals surface area (Å²) in [6.45, 7) is 7.44.